The highest BCUT2D eigenvalue weighted by molar-refractivity contribution is 7.98. The van der Waals surface area contributed by atoms with Crippen molar-refractivity contribution < 1.29 is 4.39 Å². The van der Waals surface area contributed by atoms with Crippen molar-refractivity contribution in [3.8, 4) is 0 Å². The molecule has 0 amide bonds. The van der Waals surface area contributed by atoms with E-state index in [0.717, 1.165) is 18.1 Å². The van der Waals surface area contributed by atoms with Crippen LogP contribution in [0.3, 0.4) is 0 Å². The van der Waals surface area contributed by atoms with E-state index in [1.807, 2.05) is 13.0 Å². The average Bonchev–Trinajstić information content (AvgIpc) is 2.40. The molecule has 1 aromatic heterocycles. The molecule has 3 nitrogen and oxygen atoms in total. The van der Waals surface area contributed by atoms with Crippen LogP contribution in [-0.2, 0) is 5.75 Å². The van der Waals surface area contributed by atoms with Crippen molar-refractivity contribution in [3.05, 3.63) is 48.2 Å². The van der Waals surface area contributed by atoms with Crippen LogP contribution in [0.1, 0.15) is 12.6 Å². The van der Waals surface area contributed by atoms with Gasteiger partial charge in [-0.05, 0) is 19.1 Å². The maximum Gasteiger partial charge on any atom is 0.144 e. The van der Waals surface area contributed by atoms with E-state index in [4.69, 9.17) is 0 Å². The summed E-state index contributed by atoms with van der Waals surface area (Å²) in [5.74, 6) is 1.18. The summed E-state index contributed by atoms with van der Waals surface area (Å²) in [4.78, 5) is 9.13. The molecule has 0 bridgehead atoms. The molecule has 0 spiro atoms. The number of anilines is 1. The molecule has 2 rings (SSSR count). The first kappa shape index (κ1) is 12.8. The van der Waals surface area contributed by atoms with Crippen LogP contribution in [0.25, 0.3) is 0 Å². The van der Waals surface area contributed by atoms with Crippen molar-refractivity contribution in [2.45, 2.75) is 17.6 Å². The van der Waals surface area contributed by atoms with Crippen LogP contribution in [0.4, 0.5) is 10.2 Å². The Hall–Kier alpha value is -1.62. The monoisotopic (exact) mass is 263 g/mol. The number of hydrogen-bond acceptors (Lipinski definition) is 4. The molecule has 0 fully saturated rings. The predicted molar refractivity (Wildman–Crippen MR) is 72.2 cm³/mol. The Kier molecular flexibility index (Phi) is 4.52. The number of nitrogens with zero attached hydrogens (tertiary/aromatic N) is 2. The maximum atomic E-state index is 13.4. The van der Waals surface area contributed by atoms with E-state index in [-0.39, 0.29) is 5.82 Å². The SMILES string of the molecule is CCNc1cnc(CSc2ccccc2F)cn1. The molecule has 1 heterocycles. The third-order valence-corrected chi connectivity index (χ3v) is 3.36. The van der Waals surface area contributed by atoms with Crippen molar-refractivity contribution in [2.75, 3.05) is 11.9 Å². The van der Waals surface area contributed by atoms with Crippen molar-refractivity contribution in [1.29, 1.82) is 0 Å². The van der Waals surface area contributed by atoms with Crippen LogP contribution in [-0.4, -0.2) is 16.5 Å². The largest absolute Gasteiger partial charge is 0.369 e. The molecular weight excluding hydrogens is 249 g/mol. The van der Waals surface area contributed by atoms with Gasteiger partial charge in [0.15, 0.2) is 0 Å². The Bertz CT molecular complexity index is 502. The molecule has 0 saturated carbocycles. The van der Waals surface area contributed by atoms with E-state index >= 15 is 0 Å². The lowest BCUT2D eigenvalue weighted by Crippen LogP contribution is -2.00. The predicted octanol–water partition coefficient (Wildman–Crippen LogP) is 3.34. The zero-order chi connectivity index (χ0) is 12.8. The summed E-state index contributed by atoms with van der Waals surface area (Å²) in [7, 11) is 0. The molecule has 0 aliphatic heterocycles. The second-order valence-electron chi connectivity index (χ2n) is 3.64. The Morgan fingerprint density at radius 3 is 2.72 bits per heavy atom. The number of halogens is 1. The maximum absolute atomic E-state index is 13.4. The van der Waals surface area contributed by atoms with Crippen molar-refractivity contribution >= 4 is 17.6 Å². The van der Waals surface area contributed by atoms with E-state index in [2.05, 4.69) is 15.3 Å². The highest BCUT2D eigenvalue weighted by Gasteiger charge is 2.03. The Morgan fingerprint density at radius 2 is 2.06 bits per heavy atom. The van der Waals surface area contributed by atoms with Gasteiger partial charge in [0.1, 0.15) is 11.6 Å². The van der Waals surface area contributed by atoms with Gasteiger partial charge in [0.2, 0.25) is 0 Å². The summed E-state index contributed by atoms with van der Waals surface area (Å²) in [6.07, 6.45) is 3.41. The lowest BCUT2D eigenvalue weighted by Gasteiger charge is -2.04. The van der Waals surface area contributed by atoms with Gasteiger partial charge >= 0.3 is 0 Å². The zero-order valence-electron chi connectivity index (χ0n) is 10.1. The summed E-state index contributed by atoms with van der Waals surface area (Å²) < 4.78 is 13.4. The quantitative estimate of drug-likeness (QED) is 0.840. The van der Waals surface area contributed by atoms with Gasteiger partial charge in [0.25, 0.3) is 0 Å². The smallest absolute Gasteiger partial charge is 0.144 e. The van der Waals surface area contributed by atoms with Gasteiger partial charge in [-0.1, -0.05) is 12.1 Å². The summed E-state index contributed by atoms with van der Waals surface area (Å²) in [6.45, 7) is 2.82. The summed E-state index contributed by atoms with van der Waals surface area (Å²) >= 11 is 1.42. The number of nitrogens with one attached hydrogen (secondary N) is 1. The van der Waals surface area contributed by atoms with E-state index in [1.165, 1.54) is 17.8 Å². The van der Waals surface area contributed by atoms with Crippen LogP contribution in [0.5, 0.6) is 0 Å². The zero-order valence-corrected chi connectivity index (χ0v) is 10.9. The van der Waals surface area contributed by atoms with E-state index in [1.54, 1.807) is 24.5 Å². The lowest BCUT2D eigenvalue weighted by atomic mass is 10.3. The number of benzene rings is 1. The molecule has 0 saturated heterocycles. The van der Waals surface area contributed by atoms with Gasteiger partial charge in [0, 0.05) is 17.2 Å². The summed E-state index contributed by atoms with van der Waals surface area (Å²) in [5, 5.41) is 3.08. The molecular formula is C13H14FN3S. The summed E-state index contributed by atoms with van der Waals surface area (Å²) in [6, 6.07) is 6.73. The number of aromatic nitrogens is 2. The standard InChI is InChI=1S/C13H14FN3S/c1-2-15-13-8-16-10(7-17-13)9-18-12-6-4-3-5-11(12)14/h3-8H,2,9H2,1H3,(H,15,17). The van der Waals surface area contributed by atoms with Crippen LogP contribution in [0.2, 0.25) is 0 Å². The minimum atomic E-state index is -0.195. The first-order valence-electron chi connectivity index (χ1n) is 5.71. The third-order valence-electron chi connectivity index (χ3n) is 2.28. The van der Waals surface area contributed by atoms with Crippen molar-refractivity contribution in [1.82, 2.24) is 9.97 Å². The molecule has 18 heavy (non-hydrogen) atoms. The van der Waals surface area contributed by atoms with Gasteiger partial charge in [-0.3, -0.25) is 4.98 Å². The molecule has 2 aromatic rings. The van der Waals surface area contributed by atoms with Crippen molar-refractivity contribution in [2.24, 2.45) is 0 Å². The van der Waals surface area contributed by atoms with Gasteiger partial charge < -0.3 is 5.32 Å². The normalized spacial score (nSPS) is 10.3. The van der Waals surface area contributed by atoms with Gasteiger partial charge in [0.05, 0.1) is 18.1 Å². The highest BCUT2D eigenvalue weighted by Crippen LogP contribution is 2.24. The Labute approximate surface area is 110 Å². The lowest BCUT2D eigenvalue weighted by molar-refractivity contribution is 0.602. The Morgan fingerprint density at radius 1 is 1.22 bits per heavy atom. The molecule has 0 unspecified atom stereocenters. The van der Waals surface area contributed by atoms with Gasteiger partial charge in [-0.15, -0.1) is 11.8 Å². The van der Waals surface area contributed by atoms with Crippen LogP contribution in [0, 0.1) is 5.82 Å². The number of hydrogen-bond donors (Lipinski definition) is 1. The molecule has 0 aliphatic rings. The van der Waals surface area contributed by atoms with E-state index < -0.39 is 0 Å². The molecule has 0 radical (unpaired) electrons. The van der Waals surface area contributed by atoms with Crippen LogP contribution in [0.15, 0.2) is 41.6 Å². The fourth-order valence-electron chi connectivity index (χ4n) is 1.42. The van der Waals surface area contributed by atoms with Gasteiger partial charge in [-0.25, -0.2) is 9.37 Å². The molecule has 0 atom stereocenters. The third kappa shape index (κ3) is 3.43. The van der Waals surface area contributed by atoms with Crippen LogP contribution >= 0.6 is 11.8 Å². The summed E-state index contributed by atoms with van der Waals surface area (Å²) in [5.41, 5.74) is 0.838. The molecule has 1 aromatic carbocycles. The first-order valence-corrected chi connectivity index (χ1v) is 6.70. The van der Waals surface area contributed by atoms with E-state index in [0.29, 0.717) is 10.6 Å². The molecule has 94 valence electrons. The van der Waals surface area contributed by atoms with Crippen LogP contribution < -0.4 is 5.32 Å². The fraction of sp³-hybridized carbons (Fsp3) is 0.231. The molecule has 0 aliphatic carbocycles. The molecule has 1 N–H and O–H groups in total. The second-order valence-corrected chi connectivity index (χ2v) is 4.66. The van der Waals surface area contributed by atoms with Crippen molar-refractivity contribution in [3.63, 3.8) is 0 Å². The second kappa shape index (κ2) is 6.35. The minimum Gasteiger partial charge on any atom is -0.369 e. The number of rotatable bonds is 5. The van der Waals surface area contributed by atoms with E-state index in [9.17, 15) is 4.39 Å². The average molecular weight is 263 g/mol. The number of thioether (sulfide) groups is 1. The minimum absolute atomic E-state index is 0.195. The molecule has 5 heteroatoms. The first-order chi connectivity index (χ1) is 8.79. The fourth-order valence-corrected chi connectivity index (χ4v) is 2.25. The highest BCUT2D eigenvalue weighted by atomic mass is 32.2. The Balaban J connectivity index is 1.96. The van der Waals surface area contributed by atoms with Gasteiger partial charge in [-0.2, -0.15) is 0 Å². The topological polar surface area (TPSA) is 37.8 Å².